The molecule has 7 heteroatoms. The molecule has 2 aromatic carbocycles. The van der Waals surface area contributed by atoms with Crippen LogP contribution in [0.15, 0.2) is 58.0 Å². The summed E-state index contributed by atoms with van der Waals surface area (Å²) in [5.41, 5.74) is 0.264. The predicted octanol–water partition coefficient (Wildman–Crippen LogP) is 6.20. The Balaban J connectivity index is 1.74. The van der Waals surface area contributed by atoms with Gasteiger partial charge in [0.05, 0.1) is 9.31 Å². The third kappa shape index (κ3) is 4.82. The fraction of sp³-hybridized carbons (Fsp3) is 0.273. The normalized spacial score (nSPS) is 20.1. The van der Waals surface area contributed by atoms with Crippen LogP contribution in [0.3, 0.4) is 0 Å². The molecule has 1 N–H and O–H groups in total. The zero-order valence-electron chi connectivity index (χ0n) is 15.8. The Kier molecular flexibility index (Phi) is 6.35. The molecule has 150 valence electrons. The Morgan fingerprint density at radius 3 is 2.62 bits per heavy atom. The summed E-state index contributed by atoms with van der Waals surface area (Å²) in [5, 5.41) is 19.4. The topological polar surface area (TPSA) is 79.6 Å². The molecule has 0 radical (unpaired) electrons. The molecule has 1 aliphatic carbocycles. The van der Waals surface area contributed by atoms with Crippen molar-refractivity contribution in [2.45, 2.75) is 20.0 Å². The second-order valence-electron chi connectivity index (χ2n) is 7.37. The van der Waals surface area contributed by atoms with Crippen LogP contribution in [0.25, 0.3) is 0 Å². The summed E-state index contributed by atoms with van der Waals surface area (Å²) in [5.74, 6) is 0.0363. The Hall–Kier alpha value is -2.30. The van der Waals surface area contributed by atoms with Crippen LogP contribution in [0.4, 0.5) is 0 Å². The van der Waals surface area contributed by atoms with Gasteiger partial charge in [-0.2, -0.15) is 5.26 Å². The number of hydrogen-bond acceptors (Lipinski definition) is 5. The van der Waals surface area contributed by atoms with E-state index in [1.165, 1.54) is 6.07 Å². The van der Waals surface area contributed by atoms with Crippen molar-refractivity contribution < 1.29 is 19.4 Å². The highest BCUT2D eigenvalue weighted by molar-refractivity contribution is 9.28. The summed E-state index contributed by atoms with van der Waals surface area (Å²) < 4.78 is 12.0. The average molecular weight is 521 g/mol. The summed E-state index contributed by atoms with van der Waals surface area (Å²) in [7, 11) is 0. The number of para-hydroxylation sites is 2. The zero-order chi connectivity index (χ0) is 21.2. The van der Waals surface area contributed by atoms with Crippen molar-refractivity contribution in [3.8, 4) is 23.3 Å². The highest BCUT2D eigenvalue weighted by Crippen LogP contribution is 2.60. The van der Waals surface area contributed by atoms with Gasteiger partial charge >= 0.3 is 5.97 Å². The van der Waals surface area contributed by atoms with Crippen molar-refractivity contribution in [2.24, 2.45) is 17.3 Å². The first kappa shape index (κ1) is 21.4. The molecule has 1 aliphatic rings. The Morgan fingerprint density at radius 2 is 1.97 bits per heavy atom. The standard InChI is InChI=1S/C22H19Br2NO4/c1-22(2)15(11-19(23)24)20(22)21(27)29-18(12-25)13-6-5-7-14(10-13)28-17-9-4-3-8-16(17)26/h3-11,15,18,20,26H,1-2H3/t15-,18+,20-/m0/s1. The quantitative estimate of drug-likeness (QED) is 0.459. The number of ether oxygens (including phenoxy) is 2. The first-order valence-electron chi connectivity index (χ1n) is 8.92. The molecule has 0 spiro atoms. The lowest BCUT2D eigenvalue weighted by atomic mass is 10.1. The number of carbonyl (C=O) groups excluding carboxylic acids is 1. The Morgan fingerprint density at radius 1 is 1.24 bits per heavy atom. The maximum atomic E-state index is 12.7. The number of aromatic hydroxyl groups is 1. The molecule has 0 aliphatic heterocycles. The van der Waals surface area contributed by atoms with Gasteiger partial charge in [0.15, 0.2) is 11.5 Å². The van der Waals surface area contributed by atoms with Gasteiger partial charge in [-0.25, -0.2) is 0 Å². The largest absolute Gasteiger partial charge is 0.504 e. The summed E-state index contributed by atoms with van der Waals surface area (Å²) in [6.45, 7) is 3.98. The van der Waals surface area contributed by atoms with Crippen LogP contribution < -0.4 is 4.74 Å². The molecule has 0 saturated heterocycles. The summed E-state index contributed by atoms with van der Waals surface area (Å²) in [6.07, 6.45) is 0.873. The van der Waals surface area contributed by atoms with Crippen LogP contribution in [0.5, 0.6) is 17.2 Å². The van der Waals surface area contributed by atoms with E-state index in [0.29, 0.717) is 17.1 Å². The molecular weight excluding hydrogens is 502 g/mol. The van der Waals surface area contributed by atoms with Crippen LogP contribution in [0.1, 0.15) is 25.5 Å². The number of phenols is 1. The lowest BCUT2D eigenvalue weighted by molar-refractivity contribution is -0.149. The van der Waals surface area contributed by atoms with Crippen molar-refractivity contribution in [3.63, 3.8) is 0 Å². The van der Waals surface area contributed by atoms with E-state index in [2.05, 4.69) is 31.9 Å². The highest BCUT2D eigenvalue weighted by atomic mass is 79.9. The third-order valence-electron chi connectivity index (χ3n) is 5.08. The van der Waals surface area contributed by atoms with E-state index in [4.69, 9.17) is 9.47 Å². The fourth-order valence-corrected chi connectivity index (χ4v) is 3.91. The lowest BCUT2D eigenvalue weighted by Gasteiger charge is -2.14. The van der Waals surface area contributed by atoms with Crippen LogP contribution in [0.2, 0.25) is 0 Å². The predicted molar refractivity (Wildman–Crippen MR) is 116 cm³/mol. The van der Waals surface area contributed by atoms with Crippen LogP contribution in [-0.2, 0) is 9.53 Å². The van der Waals surface area contributed by atoms with Crippen molar-refractivity contribution in [2.75, 3.05) is 0 Å². The van der Waals surface area contributed by atoms with E-state index in [0.717, 1.165) is 3.39 Å². The molecule has 29 heavy (non-hydrogen) atoms. The molecule has 3 atom stereocenters. The fourth-order valence-electron chi connectivity index (χ4n) is 3.34. The molecule has 2 aromatic rings. The van der Waals surface area contributed by atoms with Crippen molar-refractivity contribution in [1.29, 1.82) is 5.26 Å². The number of phenolic OH excluding ortho intramolecular Hbond substituents is 1. The van der Waals surface area contributed by atoms with Gasteiger partial charge in [-0.1, -0.05) is 44.2 Å². The third-order valence-corrected chi connectivity index (χ3v) is 5.60. The van der Waals surface area contributed by atoms with E-state index in [9.17, 15) is 15.2 Å². The van der Waals surface area contributed by atoms with Crippen molar-refractivity contribution >= 4 is 37.8 Å². The number of nitrogens with zero attached hydrogens (tertiary/aromatic N) is 1. The summed E-state index contributed by atoms with van der Waals surface area (Å²) >= 11 is 6.65. The van der Waals surface area contributed by atoms with Crippen LogP contribution in [-0.4, -0.2) is 11.1 Å². The van der Waals surface area contributed by atoms with Gasteiger partial charge in [-0.3, -0.25) is 4.79 Å². The maximum absolute atomic E-state index is 12.7. The molecule has 0 bridgehead atoms. The molecule has 5 nitrogen and oxygen atoms in total. The number of rotatable bonds is 6. The minimum atomic E-state index is -1.05. The zero-order valence-corrected chi connectivity index (χ0v) is 19.0. The molecule has 0 unspecified atom stereocenters. The van der Waals surface area contributed by atoms with Crippen LogP contribution >= 0.6 is 31.9 Å². The number of halogens is 2. The molecule has 1 saturated carbocycles. The second-order valence-corrected chi connectivity index (χ2v) is 10.1. The van der Waals surface area contributed by atoms with Gasteiger partial charge in [0.1, 0.15) is 11.8 Å². The minimum Gasteiger partial charge on any atom is -0.504 e. The van der Waals surface area contributed by atoms with Gasteiger partial charge in [0.25, 0.3) is 0 Å². The smallest absolute Gasteiger partial charge is 0.311 e. The number of esters is 1. The first-order chi connectivity index (χ1) is 13.7. The Labute approximate surface area is 186 Å². The molecule has 0 amide bonds. The number of benzene rings is 2. The van der Waals surface area contributed by atoms with E-state index >= 15 is 0 Å². The van der Waals surface area contributed by atoms with Crippen LogP contribution in [0, 0.1) is 28.6 Å². The van der Waals surface area contributed by atoms with Crippen molar-refractivity contribution in [3.05, 3.63) is 63.6 Å². The van der Waals surface area contributed by atoms with Gasteiger partial charge in [0, 0.05) is 5.56 Å². The van der Waals surface area contributed by atoms with Gasteiger partial charge < -0.3 is 14.6 Å². The summed E-state index contributed by atoms with van der Waals surface area (Å²) in [6, 6.07) is 15.4. The average Bonchev–Trinajstić information content (AvgIpc) is 3.21. The molecule has 0 aromatic heterocycles. The van der Waals surface area contributed by atoms with E-state index in [1.807, 2.05) is 26.0 Å². The second kappa shape index (κ2) is 8.60. The van der Waals surface area contributed by atoms with E-state index in [1.54, 1.807) is 42.5 Å². The highest BCUT2D eigenvalue weighted by Gasteiger charge is 2.61. The SMILES string of the molecule is CC1(C)[C@H](C(=O)O[C@H](C#N)c2cccc(Oc3ccccc3O)c2)[C@@H]1C=C(Br)Br. The Bertz CT molecular complexity index is 992. The number of hydrogen-bond donors (Lipinski definition) is 1. The number of nitriles is 1. The van der Waals surface area contributed by atoms with Gasteiger partial charge in [-0.15, -0.1) is 0 Å². The maximum Gasteiger partial charge on any atom is 0.311 e. The van der Waals surface area contributed by atoms with Gasteiger partial charge in [0.2, 0.25) is 6.10 Å². The molecule has 0 heterocycles. The van der Waals surface area contributed by atoms with E-state index in [-0.39, 0.29) is 23.0 Å². The van der Waals surface area contributed by atoms with Gasteiger partial charge in [-0.05, 0) is 67.5 Å². The molecular formula is C22H19Br2NO4. The first-order valence-corrected chi connectivity index (χ1v) is 10.5. The van der Waals surface area contributed by atoms with E-state index < -0.39 is 12.1 Å². The lowest BCUT2D eigenvalue weighted by Crippen LogP contribution is -2.14. The number of allylic oxidation sites excluding steroid dienone is 1. The monoisotopic (exact) mass is 519 g/mol. The molecule has 3 rings (SSSR count). The molecule has 1 fully saturated rings. The minimum absolute atomic E-state index is 0.00850. The van der Waals surface area contributed by atoms with Crippen molar-refractivity contribution in [1.82, 2.24) is 0 Å². The number of carbonyl (C=O) groups is 1. The summed E-state index contributed by atoms with van der Waals surface area (Å²) in [4.78, 5) is 12.7.